The normalized spacial score (nSPS) is 15.1. The molecule has 0 radical (unpaired) electrons. The van der Waals surface area contributed by atoms with Crippen LogP contribution in [0.25, 0.3) is 0 Å². The van der Waals surface area contributed by atoms with Gasteiger partial charge < -0.3 is 4.57 Å². The van der Waals surface area contributed by atoms with Gasteiger partial charge in [-0.3, -0.25) is 0 Å². The summed E-state index contributed by atoms with van der Waals surface area (Å²) in [5, 5.41) is 10.4. The number of hydrogen-bond acceptors (Lipinski definition) is 3. The van der Waals surface area contributed by atoms with Crippen molar-refractivity contribution >= 4 is 11.8 Å². The third kappa shape index (κ3) is 3.00. The molecule has 1 aromatic carbocycles. The highest BCUT2D eigenvalue weighted by Crippen LogP contribution is 2.40. The second-order valence-electron chi connectivity index (χ2n) is 5.35. The maximum Gasteiger partial charge on any atom is 0.191 e. The molecule has 1 aromatic heterocycles. The summed E-state index contributed by atoms with van der Waals surface area (Å²) in [5.41, 5.74) is 1.31. The molecule has 0 spiro atoms. The monoisotopic (exact) mass is 273 g/mol. The Morgan fingerprint density at radius 3 is 2.58 bits per heavy atom. The van der Waals surface area contributed by atoms with Crippen LogP contribution >= 0.6 is 11.8 Å². The van der Waals surface area contributed by atoms with Gasteiger partial charge in [0, 0.05) is 11.2 Å². The smallest absolute Gasteiger partial charge is 0.191 e. The first kappa shape index (κ1) is 12.7. The van der Waals surface area contributed by atoms with Gasteiger partial charge in [0.25, 0.3) is 0 Å². The summed E-state index contributed by atoms with van der Waals surface area (Å²) in [5.74, 6) is 1.81. The van der Waals surface area contributed by atoms with Gasteiger partial charge in [-0.2, -0.15) is 0 Å². The predicted molar refractivity (Wildman–Crippen MR) is 78.5 cm³/mol. The molecule has 1 heterocycles. The summed E-state index contributed by atoms with van der Waals surface area (Å²) in [7, 11) is 0. The quantitative estimate of drug-likeness (QED) is 0.778. The van der Waals surface area contributed by atoms with Crippen LogP contribution in [-0.2, 0) is 6.54 Å². The van der Waals surface area contributed by atoms with E-state index in [-0.39, 0.29) is 0 Å². The van der Waals surface area contributed by atoms with Gasteiger partial charge in [0.2, 0.25) is 0 Å². The van der Waals surface area contributed by atoms with Crippen LogP contribution in [0, 0.1) is 0 Å². The van der Waals surface area contributed by atoms with E-state index in [0.717, 1.165) is 11.7 Å². The highest BCUT2D eigenvalue weighted by molar-refractivity contribution is 7.99. The molecule has 3 nitrogen and oxygen atoms in total. The van der Waals surface area contributed by atoms with Crippen LogP contribution in [0.5, 0.6) is 0 Å². The molecular formula is C15H19N3S. The SMILES string of the molecule is CC(C)Sc1nnc(C2CC2)n1Cc1ccccc1. The summed E-state index contributed by atoms with van der Waals surface area (Å²) in [6, 6.07) is 10.6. The van der Waals surface area contributed by atoms with Crippen LogP contribution in [0.3, 0.4) is 0 Å². The molecule has 0 bridgehead atoms. The fourth-order valence-electron chi connectivity index (χ4n) is 2.16. The number of rotatable bonds is 5. The topological polar surface area (TPSA) is 30.7 Å². The van der Waals surface area contributed by atoms with E-state index in [9.17, 15) is 0 Å². The molecule has 1 aliphatic rings. The molecule has 4 heteroatoms. The highest BCUT2D eigenvalue weighted by atomic mass is 32.2. The molecule has 3 rings (SSSR count). The van der Waals surface area contributed by atoms with Crippen molar-refractivity contribution in [2.75, 3.05) is 0 Å². The van der Waals surface area contributed by atoms with Crippen LogP contribution in [0.2, 0.25) is 0 Å². The average Bonchev–Trinajstić information content (AvgIpc) is 3.16. The Labute approximate surface area is 118 Å². The van der Waals surface area contributed by atoms with E-state index < -0.39 is 0 Å². The second-order valence-corrected chi connectivity index (χ2v) is 6.90. The zero-order valence-corrected chi connectivity index (χ0v) is 12.2. The van der Waals surface area contributed by atoms with Gasteiger partial charge in [0.05, 0.1) is 6.54 Å². The predicted octanol–water partition coefficient (Wildman–Crippen LogP) is 3.70. The minimum absolute atomic E-state index is 0.533. The number of benzene rings is 1. The van der Waals surface area contributed by atoms with Gasteiger partial charge >= 0.3 is 0 Å². The highest BCUT2D eigenvalue weighted by Gasteiger charge is 2.30. The largest absolute Gasteiger partial charge is 0.301 e. The summed E-state index contributed by atoms with van der Waals surface area (Å²) in [6.07, 6.45) is 2.53. The summed E-state index contributed by atoms with van der Waals surface area (Å²) in [4.78, 5) is 0. The van der Waals surface area contributed by atoms with Crippen molar-refractivity contribution in [2.24, 2.45) is 0 Å². The van der Waals surface area contributed by atoms with Gasteiger partial charge in [-0.05, 0) is 18.4 Å². The Bertz CT molecular complexity index is 544. The van der Waals surface area contributed by atoms with Crippen LogP contribution in [0.15, 0.2) is 35.5 Å². The first-order valence-corrected chi connectivity index (χ1v) is 7.75. The molecular weight excluding hydrogens is 254 g/mol. The van der Waals surface area contributed by atoms with Crippen molar-refractivity contribution in [2.45, 2.75) is 49.6 Å². The van der Waals surface area contributed by atoms with Gasteiger partial charge in [0.15, 0.2) is 5.16 Å². The minimum Gasteiger partial charge on any atom is -0.301 e. The second kappa shape index (κ2) is 5.37. The lowest BCUT2D eigenvalue weighted by atomic mass is 10.2. The lowest BCUT2D eigenvalue weighted by molar-refractivity contribution is 0.666. The van der Waals surface area contributed by atoms with Crippen molar-refractivity contribution in [3.05, 3.63) is 41.7 Å². The van der Waals surface area contributed by atoms with E-state index in [2.05, 4.69) is 58.9 Å². The molecule has 100 valence electrons. The van der Waals surface area contributed by atoms with Crippen LogP contribution in [0.4, 0.5) is 0 Å². The van der Waals surface area contributed by atoms with Crippen LogP contribution in [-0.4, -0.2) is 20.0 Å². The zero-order valence-electron chi connectivity index (χ0n) is 11.4. The van der Waals surface area contributed by atoms with Crippen molar-refractivity contribution in [3.63, 3.8) is 0 Å². The third-order valence-corrected chi connectivity index (χ3v) is 4.20. The Balaban J connectivity index is 1.90. The van der Waals surface area contributed by atoms with Gasteiger partial charge in [-0.25, -0.2) is 0 Å². The van der Waals surface area contributed by atoms with E-state index in [4.69, 9.17) is 0 Å². The number of hydrogen-bond donors (Lipinski definition) is 0. The fourth-order valence-corrected chi connectivity index (χ4v) is 2.95. The fraction of sp³-hybridized carbons (Fsp3) is 0.467. The number of nitrogens with zero attached hydrogens (tertiary/aromatic N) is 3. The van der Waals surface area contributed by atoms with Crippen LogP contribution in [0.1, 0.15) is 44.0 Å². The Morgan fingerprint density at radius 1 is 1.21 bits per heavy atom. The van der Waals surface area contributed by atoms with E-state index in [1.807, 2.05) is 0 Å². The Kier molecular flexibility index (Phi) is 3.60. The van der Waals surface area contributed by atoms with E-state index in [0.29, 0.717) is 11.2 Å². The van der Waals surface area contributed by atoms with E-state index >= 15 is 0 Å². The number of aromatic nitrogens is 3. The molecule has 1 fully saturated rings. The number of thioether (sulfide) groups is 1. The molecule has 0 aliphatic heterocycles. The average molecular weight is 273 g/mol. The summed E-state index contributed by atoms with van der Waals surface area (Å²) < 4.78 is 2.30. The molecule has 0 atom stereocenters. The maximum absolute atomic E-state index is 4.42. The molecule has 0 unspecified atom stereocenters. The first-order chi connectivity index (χ1) is 9.24. The molecule has 0 saturated heterocycles. The summed E-state index contributed by atoms with van der Waals surface area (Å²) in [6.45, 7) is 5.28. The molecule has 2 aromatic rings. The molecule has 1 aliphatic carbocycles. The standard InChI is InChI=1S/C15H19N3S/c1-11(2)19-15-17-16-14(13-8-9-13)18(15)10-12-6-4-3-5-7-12/h3-7,11,13H,8-10H2,1-2H3. The van der Waals surface area contributed by atoms with Crippen molar-refractivity contribution in [1.29, 1.82) is 0 Å². The van der Waals surface area contributed by atoms with Gasteiger partial charge in [0.1, 0.15) is 5.82 Å². The molecule has 1 saturated carbocycles. The van der Waals surface area contributed by atoms with Crippen molar-refractivity contribution in [3.8, 4) is 0 Å². The summed E-state index contributed by atoms with van der Waals surface area (Å²) >= 11 is 1.80. The zero-order chi connectivity index (χ0) is 13.2. The lowest BCUT2D eigenvalue weighted by Crippen LogP contribution is -2.06. The molecule has 0 N–H and O–H groups in total. The minimum atomic E-state index is 0.533. The van der Waals surface area contributed by atoms with E-state index in [1.54, 1.807) is 11.8 Å². The lowest BCUT2D eigenvalue weighted by Gasteiger charge is -2.11. The maximum atomic E-state index is 4.42. The third-order valence-electron chi connectivity index (χ3n) is 3.21. The van der Waals surface area contributed by atoms with Gasteiger partial charge in [-0.1, -0.05) is 55.9 Å². The van der Waals surface area contributed by atoms with Crippen molar-refractivity contribution in [1.82, 2.24) is 14.8 Å². The Morgan fingerprint density at radius 2 is 1.95 bits per heavy atom. The Hall–Kier alpha value is -1.29. The first-order valence-electron chi connectivity index (χ1n) is 6.87. The van der Waals surface area contributed by atoms with Crippen molar-refractivity contribution < 1.29 is 0 Å². The van der Waals surface area contributed by atoms with Crippen LogP contribution < -0.4 is 0 Å². The molecule has 0 amide bonds. The van der Waals surface area contributed by atoms with Gasteiger partial charge in [-0.15, -0.1) is 10.2 Å². The van der Waals surface area contributed by atoms with E-state index in [1.165, 1.54) is 24.2 Å². The molecule has 19 heavy (non-hydrogen) atoms.